The van der Waals surface area contributed by atoms with Crippen LogP contribution in [0.15, 0.2) is 89.5 Å². The molecule has 1 aliphatic rings. The zero-order valence-electron chi connectivity index (χ0n) is 27.7. The number of nitrogens with one attached hydrogen (secondary N) is 3. The number of thioether (sulfide) groups is 1. The van der Waals surface area contributed by atoms with Crippen molar-refractivity contribution < 1.29 is 28.7 Å². The first-order valence-corrected chi connectivity index (χ1v) is 17.9. The van der Waals surface area contributed by atoms with Crippen LogP contribution >= 0.6 is 23.1 Å². The maximum absolute atomic E-state index is 13.6. The van der Waals surface area contributed by atoms with E-state index in [2.05, 4.69) is 16.0 Å². The Kier molecular flexibility index (Phi) is 12.3. The van der Waals surface area contributed by atoms with Crippen LogP contribution in [0.1, 0.15) is 69.8 Å². The number of thiophene rings is 1. The second-order valence-electron chi connectivity index (χ2n) is 11.4. The SMILES string of the molecule is CCOc1ccc(/C=C(/NC(=O)c2ccccc2)C(=O)Nc2cccc(SC(C)C(=O)Nc3sc4c(c3C(=O)OC)CCCCC4)c2)cc1. The van der Waals surface area contributed by atoms with E-state index in [-0.39, 0.29) is 11.6 Å². The van der Waals surface area contributed by atoms with Crippen molar-refractivity contribution in [1.82, 2.24) is 5.32 Å². The monoisotopic (exact) mass is 697 g/mol. The highest BCUT2D eigenvalue weighted by Crippen LogP contribution is 2.38. The average molecular weight is 698 g/mol. The van der Waals surface area contributed by atoms with Gasteiger partial charge in [0.15, 0.2) is 0 Å². The van der Waals surface area contributed by atoms with Crippen molar-refractivity contribution in [3.05, 3.63) is 112 Å². The molecule has 11 heteroatoms. The van der Waals surface area contributed by atoms with Crippen LogP contribution in [0.2, 0.25) is 0 Å². The van der Waals surface area contributed by atoms with E-state index >= 15 is 0 Å². The maximum Gasteiger partial charge on any atom is 0.341 e. The third kappa shape index (κ3) is 9.39. The van der Waals surface area contributed by atoms with Gasteiger partial charge in [-0.1, -0.05) is 42.8 Å². The molecule has 0 radical (unpaired) electrons. The van der Waals surface area contributed by atoms with E-state index in [1.165, 1.54) is 30.2 Å². The van der Waals surface area contributed by atoms with E-state index in [9.17, 15) is 19.2 Å². The van der Waals surface area contributed by atoms with Gasteiger partial charge in [0.05, 0.1) is 24.5 Å². The van der Waals surface area contributed by atoms with Crippen LogP contribution in [-0.4, -0.2) is 42.7 Å². The zero-order valence-corrected chi connectivity index (χ0v) is 29.3. The molecule has 0 aliphatic heterocycles. The molecule has 1 unspecified atom stereocenters. The highest BCUT2D eigenvalue weighted by Gasteiger charge is 2.27. The minimum atomic E-state index is -0.515. The van der Waals surface area contributed by atoms with E-state index in [1.807, 2.05) is 19.1 Å². The van der Waals surface area contributed by atoms with E-state index in [4.69, 9.17) is 9.47 Å². The fourth-order valence-electron chi connectivity index (χ4n) is 5.40. The standard InChI is InChI=1S/C38H39N3O6S2/c1-4-47-28-20-18-25(19-21-28)22-31(40-35(43)26-12-7-5-8-13-26)36(44)39-27-14-11-15-29(23-27)48-24(2)34(42)41-37-33(38(45)46-3)30-16-9-6-10-17-32(30)49-37/h5,7-8,11-15,18-24H,4,6,9-10,16-17H2,1-3H3,(H,39,44)(H,40,43)(H,41,42)/b31-22+. The third-order valence-corrected chi connectivity index (χ3v) is 10.2. The van der Waals surface area contributed by atoms with Crippen LogP contribution in [0.4, 0.5) is 10.7 Å². The van der Waals surface area contributed by atoms with Gasteiger partial charge in [-0.2, -0.15) is 0 Å². The molecule has 0 saturated carbocycles. The van der Waals surface area contributed by atoms with Gasteiger partial charge in [0.25, 0.3) is 11.8 Å². The molecule has 9 nitrogen and oxygen atoms in total. The minimum Gasteiger partial charge on any atom is -0.494 e. The molecule has 1 atom stereocenters. The Morgan fingerprint density at radius 2 is 1.67 bits per heavy atom. The number of carbonyl (C=O) groups is 4. The third-order valence-electron chi connectivity index (χ3n) is 7.85. The summed E-state index contributed by atoms with van der Waals surface area (Å²) >= 11 is 2.78. The molecule has 0 spiro atoms. The summed E-state index contributed by atoms with van der Waals surface area (Å²) in [4.78, 5) is 54.6. The number of esters is 1. The van der Waals surface area contributed by atoms with Crippen LogP contribution in [0.25, 0.3) is 6.08 Å². The maximum atomic E-state index is 13.6. The highest BCUT2D eigenvalue weighted by atomic mass is 32.2. The van der Waals surface area contributed by atoms with Crippen molar-refractivity contribution in [2.24, 2.45) is 0 Å². The van der Waals surface area contributed by atoms with Crippen molar-refractivity contribution in [3.8, 4) is 5.75 Å². The number of methoxy groups -OCH3 is 1. The summed E-state index contributed by atoms with van der Waals surface area (Å²) < 4.78 is 10.6. The Bertz CT molecular complexity index is 1840. The lowest BCUT2D eigenvalue weighted by Crippen LogP contribution is -2.30. The van der Waals surface area contributed by atoms with Crippen LogP contribution in [0, 0.1) is 0 Å². The fourth-order valence-corrected chi connectivity index (χ4v) is 7.61. The Morgan fingerprint density at radius 3 is 2.41 bits per heavy atom. The van der Waals surface area contributed by atoms with Crippen molar-refractivity contribution in [2.75, 3.05) is 24.4 Å². The minimum absolute atomic E-state index is 0.0552. The number of aryl methyl sites for hydroxylation is 1. The molecule has 1 heterocycles. The average Bonchev–Trinajstić information content (AvgIpc) is 3.28. The number of hydrogen-bond donors (Lipinski definition) is 3. The lowest BCUT2D eigenvalue weighted by molar-refractivity contribution is -0.115. The van der Waals surface area contributed by atoms with Gasteiger partial charge >= 0.3 is 5.97 Å². The Morgan fingerprint density at radius 1 is 0.918 bits per heavy atom. The number of carbonyl (C=O) groups excluding carboxylic acids is 4. The van der Waals surface area contributed by atoms with Gasteiger partial charge in [-0.05, 0) is 99.2 Å². The molecule has 49 heavy (non-hydrogen) atoms. The van der Waals surface area contributed by atoms with Gasteiger partial charge in [0.1, 0.15) is 16.4 Å². The molecule has 5 rings (SSSR count). The molecule has 0 fully saturated rings. The highest BCUT2D eigenvalue weighted by molar-refractivity contribution is 8.00. The summed E-state index contributed by atoms with van der Waals surface area (Å²) in [7, 11) is 1.36. The van der Waals surface area contributed by atoms with E-state index in [1.54, 1.807) is 79.7 Å². The van der Waals surface area contributed by atoms with Crippen LogP contribution in [0.5, 0.6) is 5.75 Å². The largest absolute Gasteiger partial charge is 0.494 e. The number of benzene rings is 3. The van der Waals surface area contributed by atoms with Crippen molar-refractivity contribution in [2.45, 2.75) is 56.1 Å². The number of fused-ring (bicyclic) bond motifs is 1. The van der Waals surface area contributed by atoms with Crippen molar-refractivity contribution in [1.29, 1.82) is 0 Å². The molecule has 3 aromatic carbocycles. The van der Waals surface area contributed by atoms with Crippen molar-refractivity contribution in [3.63, 3.8) is 0 Å². The fraction of sp³-hybridized carbons (Fsp3) is 0.263. The van der Waals surface area contributed by atoms with Gasteiger partial charge in [-0.15, -0.1) is 23.1 Å². The number of rotatable bonds is 12. The molecule has 3 amide bonds. The molecule has 4 aromatic rings. The topological polar surface area (TPSA) is 123 Å². The van der Waals surface area contributed by atoms with E-state index < -0.39 is 23.0 Å². The smallest absolute Gasteiger partial charge is 0.341 e. The van der Waals surface area contributed by atoms with E-state index in [0.717, 1.165) is 47.4 Å². The van der Waals surface area contributed by atoms with Gasteiger partial charge in [0.2, 0.25) is 5.91 Å². The lowest BCUT2D eigenvalue weighted by atomic mass is 10.1. The molecule has 0 bridgehead atoms. The second-order valence-corrected chi connectivity index (χ2v) is 13.9. The zero-order chi connectivity index (χ0) is 34.8. The van der Waals surface area contributed by atoms with E-state index in [0.29, 0.717) is 39.7 Å². The number of anilines is 2. The lowest BCUT2D eigenvalue weighted by Gasteiger charge is -2.14. The first kappa shape index (κ1) is 35.4. The molecule has 1 aromatic heterocycles. The normalized spacial score (nSPS) is 13.3. The quantitative estimate of drug-likeness (QED) is 0.0599. The van der Waals surface area contributed by atoms with Gasteiger partial charge in [0, 0.05) is 21.0 Å². The number of amides is 3. The first-order chi connectivity index (χ1) is 23.7. The Hall–Kier alpha value is -4.87. The van der Waals surface area contributed by atoms with Crippen LogP contribution in [0.3, 0.4) is 0 Å². The summed E-state index contributed by atoms with van der Waals surface area (Å²) in [6, 6.07) is 23.0. The molecule has 254 valence electrons. The summed E-state index contributed by atoms with van der Waals surface area (Å²) in [6.45, 7) is 4.22. The number of hydrogen-bond acceptors (Lipinski definition) is 8. The second kappa shape index (κ2) is 17.0. The summed E-state index contributed by atoms with van der Waals surface area (Å²) in [6.07, 6.45) is 6.44. The summed E-state index contributed by atoms with van der Waals surface area (Å²) in [5.74, 6) is -0.918. The summed E-state index contributed by atoms with van der Waals surface area (Å²) in [5.41, 5.74) is 3.11. The molecular weight excluding hydrogens is 659 g/mol. The summed E-state index contributed by atoms with van der Waals surface area (Å²) in [5, 5.41) is 8.63. The number of ether oxygens (including phenoxy) is 2. The van der Waals surface area contributed by atoms with Gasteiger partial charge in [-0.3, -0.25) is 14.4 Å². The molecule has 3 N–H and O–H groups in total. The molecule has 1 aliphatic carbocycles. The predicted octanol–water partition coefficient (Wildman–Crippen LogP) is 7.73. The molecular formula is C38H39N3O6S2. The van der Waals surface area contributed by atoms with Crippen molar-refractivity contribution >= 4 is 63.6 Å². The predicted molar refractivity (Wildman–Crippen MR) is 195 cm³/mol. The molecule has 0 saturated heterocycles. The first-order valence-electron chi connectivity index (χ1n) is 16.2. The Labute approximate surface area is 294 Å². The van der Waals surface area contributed by atoms with Crippen LogP contribution in [-0.2, 0) is 27.2 Å². The van der Waals surface area contributed by atoms with Gasteiger partial charge < -0.3 is 25.4 Å². The van der Waals surface area contributed by atoms with Crippen LogP contribution < -0.4 is 20.7 Å². The Balaban J connectivity index is 1.29. The van der Waals surface area contributed by atoms with Gasteiger partial charge in [-0.25, -0.2) is 4.79 Å².